The van der Waals surface area contributed by atoms with Crippen molar-refractivity contribution in [3.8, 4) is 11.8 Å². The number of nitrogens with zero attached hydrogens (tertiary/aromatic N) is 1. The molecule has 0 saturated heterocycles. The summed E-state index contributed by atoms with van der Waals surface area (Å²) in [5, 5.41) is 9.24. The second-order valence-corrected chi connectivity index (χ2v) is 5.24. The minimum atomic E-state index is 0.0485. The zero-order valence-corrected chi connectivity index (χ0v) is 11.2. The van der Waals surface area contributed by atoms with Crippen LogP contribution in [0.2, 0.25) is 0 Å². The lowest BCUT2D eigenvalue weighted by molar-refractivity contribution is 0.0886. The molecular weight excluding hydrogens is 222 g/mol. The molecule has 0 radical (unpaired) electrons. The maximum atomic E-state index is 9.24. The summed E-state index contributed by atoms with van der Waals surface area (Å²) in [6.45, 7) is 4.28. The first-order chi connectivity index (χ1) is 8.74. The van der Waals surface area contributed by atoms with Crippen molar-refractivity contribution in [3.63, 3.8) is 0 Å². The zero-order chi connectivity index (χ0) is 13.0. The van der Waals surface area contributed by atoms with Gasteiger partial charge in [0.25, 0.3) is 0 Å². The minimum absolute atomic E-state index is 0.0485. The summed E-state index contributed by atoms with van der Waals surface area (Å²) in [5.74, 6) is 1.69. The van der Waals surface area contributed by atoms with Crippen molar-refractivity contribution < 1.29 is 4.74 Å². The highest BCUT2D eigenvalue weighted by Crippen LogP contribution is 2.34. The fraction of sp³-hybridized carbons (Fsp3) is 0.562. The number of hydrogen-bond acceptors (Lipinski definition) is 2. The lowest BCUT2D eigenvalue weighted by Gasteiger charge is -2.32. The summed E-state index contributed by atoms with van der Waals surface area (Å²) >= 11 is 0. The molecule has 0 aliphatic heterocycles. The second kappa shape index (κ2) is 5.91. The molecule has 1 aromatic rings. The molecule has 2 nitrogen and oxygen atoms in total. The van der Waals surface area contributed by atoms with Crippen molar-refractivity contribution in [1.82, 2.24) is 0 Å². The van der Waals surface area contributed by atoms with Gasteiger partial charge in [-0.25, -0.2) is 0 Å². The van der Waals surface area contributed by atoms with Crippen LogP contribution in [0.15, 0.2) is 24.3 Å². The first-order valence-electron chi connectivity index (χ1n) is 6.86. The van der Waals surface area contributed by atoms with Gasteiger partial charge in [-0.2, -0.15) is 5.26 Å². The molecule has 0 N–H and O–H groups in total. The van der Waals surface area contributed by atoms with E-state index in [4.69, 9.17) is 4.74 Å². The van der Waals surface area contributed by atoms with E-state index in [1.165, 1.54) is 12.8 Å². The van der Waals surface area contributed by atoms with Gasteiger partial charge in [0.1, 0.15) is 11.9 Å². The summed E-state index contributed by atoms with van der Waals surface area (Å²) in [7, 11) is 0. The van der Waals surface area contributed by atoms with E-state index in [1.54, 1.807) is 0 Å². The van der Waals surface area contributed by atoms with Gasteiger partial charge in [-0.05, 0) is 43.7 Å². The summed E-state index contributed by atoms with van der Waals surface area (Å²) < 4.78 is 6.10. The average molecular weight is 243 g/mol. The van der Waals surface area contributed by atoms with Crippen molar-refractivity contribution in [1.29, 1.82) is 5.26 Å². The van der Waals surface area contributed by atoms with Crippen LogP contribution in [0.5, 0.6) is 5.75 Å². The van der Waals surface area contributed by atoms with E-state index in [9.17, 15) is 5.26 Å². The Morgan fingerprint density at radius 1 is 1.33 bits per heavy atom. The monoisotopic (exact) mass is 243 g/mol. The third-order valence-corrected chi connectivity index (χ3v) is 4.02. The molecule has 2 rings (SSSR count). The Bertz CT molecular complexity index is 435. The molecule has 18 heavy (non-hydrogen) atoms. The fourth-order valence-corrected chi connectivity index (χ4v) is 2.71. The number of ether oxygens (including phenoxy) is 1. The number of aryl methyl sites for hydroxylation is 1. The van der Waals surface area contributed by atoms with E-state index in [-0.39, 0.29) is 12.0 Å². The summed E-state index contributed by atoms with van der Waals surface area (Å²) in [6, 6.07) is 10.5. The number of para-hydroxylation sites is 1. The van der Waals surface area contributed by atoms with E-state index >= 15 is 0 Å². The maximum absolute atomic E-state index is 9.24. The molecule has 0 spiro atoms. The van der Waals surface area contributed by atoms with Crippen LogP contribution in [0.25, 0.3) is 0 Å². The highest BCUT2D eigenvalue weighted by Gasteiger charge is 2.31. The van der Waals surface area contributed by atoms with Crippen molar-refractivity contribution in [2.24, 2.45) is 11.8 Å². The molecule has 3 unspecified atom stereocenters. The highest BCUT2D eigenvalue weighted by atomic mass is 16.5. The van der Waals surface area contributed by atoms with Gasteiger partial charge in [0.05, 0.1) is 12.0 Å². The van der Waals surface area contributed by atoms with Gasteiger partial charge in [0.2, 0.25) is 0 Å². The highest BCUT2D eigenvalue weighted by molar-refractivity contribution is 5.32. The maximum Gasteiger partial charge on any atom is 0.122 e. The first-order valence-corrected chi connectivity index (χ1v) is 6.86. The average Bonchev–Trinajstić information content (AvgIpc) is 2.41. The predicted molar refractivity (Wildman–Crippen MR) is 72.3 cm³/mol. The normalized spacial score (nSPS) is 27.5. The Morgan fingerprint density at radius 3 is 2.78 bits per heavy atom. The van der Waals surface area contributed by atoms with Crippen molar-refractivity contribution in [3.05, 3.63) is 29.8 Å². The third-order valence-electron chi connectivity index (χ3n) is 4.02. The standard InChI is InChI=1S/C16H21NO/c1-3-13-8-9-14(11-17)16(10-13)18-15-7-5-4-6-12(15)2/h4-7,13-14,16H,3,8-10H2,1-2H3. The van der Waals surface area contributed by atoms with Gasteiger partial charge >= 0.3 is 0 Å². The second-order valence-electron chi connectivity index (χ2n) is 5.24. The Morgan fingerprint density at radius 2 is 2.11 bits per heavy atom. The molecule has 3 atom stereocenters. The van der Waals surface area contributed by atoms with Gasteiger partial charge < -0.3 is 4.74 Å². The van der Waals surface area contributed by atoms with Crippen LogP contribution in [0.4, 0.5) is 0 Å². The minimum Gasteiger partial charge on any atom is -0.489 e. The van der Waals surface area contributed by atoms with E-state index in [1.807, 2.05) is 18.2 Å². The van der Waals surface area contributed by atoms with Crippen LogP contribution in [-0.2, 0) is 0 Å². The van der Waals surface area contributed by atoms with Crippen LogP contribution < -0.4 is 4.74 Å². The van der Waals surface area contributed by atoms with Crippen LogP contribution >= 0.6 is 0 Å². The van der Waals surface area contributed by atoms with Crippen molar-refractivity contribution in [2.75, 3.05) is 0 Å². The number of rotatable bonds is 3. The Hall–Kier alpha value is -1.49. The first kappa shape index (κ1) is 13.0. The molecule has 0 aromatic heterocycles. The van der Waals surface area contributed by atoms with Gasteiger partial charge in [0.15, 0.2) is 0 Å². The van der Waals surface area contributed by atoms with E-state index < -0.39 is 0 Å². The van der Waals surface area contributed by atoms with Crippen molar-refractivity contribution in [2.45, 2.75) is 45.6 Å². The molecule has 1 aromatic carbocycles. The molecule has 0 heterocycles. The molecule has 2 heteroatoms. The fourth-order valence-electron chi connectivity index (χ4n) is 2.71. The van der Waals surface area contributed by atoms with Gasteiger partial charge in [-0.15, -0.1) is 0 Å². The molecule has 0 bridgehead atoms. The molecule has 0 amide bonds. The molecule has 1 fully saturated rings. The summed E-state index contributed by atoms with van der Waals surface area (Å²) in [6.07, 6.45) is 4.41. The SMILES string of the molecule is CCC1CCC(C#N)C(Oc2ccccc2C)C1. The zero-order valence-electron chi connectivity index (χ0n) is 11.2. The van der Waals surface area contributed by atoms with Crippen LogP contribution in [0, 0.1) is 30.1 Å². The molecule has 1 aliphatic rings. The molecule has 1 aliphatic carbocycles. The number of benzene rings is 1. The van der Waals surface area contributed by atoms with Crippen LogP contribution in [0.3, 0.4) is 0 Å². The number of hydrogen-bond donors (Lipinski definition) is 0. The molecule has 1 saturated carbocycles. The Balaban J connectivity index is 2.10. The van der Waals surface area contributed by atoms with E-state index in [0.29, 0.717) is 5.92 Å². The van der Waals surface area contributed by atoms with Crippen LogP contribution in [-0.4, -0.2) is 6.10 Å². The smallest absolute Gasteiger partial charge is 0.122 e. The van der Waals surface area contributed by atoms with Crippen LogP contribution in [0.1, 0.15) is 38.2 Å². The summed E-state index contributed by atoms with van der Waals surface area (Å²) in [4.78, 5) is 0. The number of nitriles is 1. The van der Waals surface area contributed by atoms with Gasteiger partial charge in [0, 0.05) is 0 Å². The Kier molecular flexibility index (Phi) is 4.25. The topological polar surface area (TPSA) is 33.0 Å². The quantitative estimate of drug-likeness (QED) is 0.801. The molecular formula is C16H21NO. The van der Waals surface area contributed by atoms with E-state index in [0.717, 1.165) is 24.2 Å². The van der Waals surface area contributed by atoms with E-state index in [2.05, 4.69) is 26.0 Å². The molecule has 96 valence electrons. The summed E-state index contributed by atoms with van der Waals surface area (Å²) in [5.41, 5.74) is 1.15. The Labute approximate surface area is 110 Å². The van der Waals surface area contributed by atoms with Gasteiger partial charge in [-0.1, -0.05) is 31.5 Å². The lowest BCUT2D eigenvalue weighted by Crippen LogP contribution is -2.33. The van der Waals surface area contributed by atoms with Gasteiger partial charge in [-0.3, -0.25) is 0 Å². The lowest BCUT2D eigenvalue weighted by atomic mass is 9.79. The van der Waals surface area contributed by atoms with Crippen molar-refractivity contribution >= 4 is 0 Å². The third kappa shape index (κ3) is 2.85. The largest absolute Gasteiger partial charge is 0.489 e. The predicted octanol–water partition coefficient (Wildman–Crippen LogP) is 4.09.